The normalized spacial score (nSPS) is 29.1. The van der Waals surface area contributed by atoms with Crippen molar-refractivity contribution in [1.82, 2.24) is 5.32 Å². The third kappa shape index (κ3) is 3.62. The maximum absolute atomic E-state index is 12.9. The Bertz CT molecular complexity index is 290. The van der Waals surface area contributed by atoms with Crippen LogP contribution < -0.4 is 11.1 Å². The quantitative estimate of drug-likeness (QED) is 0.690. The van der Waals surface area contributed by atoms with Gasteiger partial charge in [-0.2, -0.15) is 0 Å². The Balaban J connectivity index is 2.57. The summed E-state index contributed by atoms with van der Waals surface area (Å²) < 4.78 is 25.8. The Labute approximate surface area is 106 Å². The number of hydrogen-bond donors (Lipinski definition) is 3. The van der Waals surface area contributed by atoms with Gasteiger partial charge in [0.15, 0.2) is 0 Å². The van der Waals surface area contributed by atoms with Crippen molar-refractivity contribution >= 4 is 5.91 Å². The molecule has 0 radical (unpaired) electrons. The minimum atomic E-state index is -3.27. The molecule has 1 aliphatic carbocycles. The number of hydrogen-bond acceptors (Lipinski definition) is 3. The lowest BCUT2D eigenvalue weighted by atomic mass is 9.70. The number of halogens is 2. The second kappa shape index (κ2) is 5.93. The molecule has 106 valence electrons. The summed E-state index contributed by atoms with van der Waals surface area (Å²) in [4.78, 5) is 12.0. The van der Waals surface area contributed by atoms with Gasteiger partial charge in [-0.25, -0.2) is 8.78 Å². The molecule has 0 saturated heterocycles. The zero-order chi connectivity index (χ0) is 13.8. The summed E-state index contributed by atoms with van der Waals surface area (Å²) in [5.41, 5.74) is 4.95. The van der Waals surface area contributed by atoms with Crippen LogP contribution in [0.25, 0.3) is 0 Å². The van der Waals surface area contributed by atoms with Crippen LogP contribution in [-0.4, -0.2) is 36.6 Å². The second-order valence-corrected chi connectivity index (χ2v) is 5.36. The highest BCUT2D eigenvalue weighted by Gasteiger charge is 2.41. The van der Waals surface area contributed by atoms with Gasteiger partial charge < -0.3 is 16.2 Å². The summed E-state index contributed by atoms with van der Waals surface area (Å²) >= 11 is 0. The van der Waals surface area contributed by atoms with Crippen LogP contribution >= 0.6 is 0 Å². The predicted molar refractivity (Wildman–Crippen MR) is 64.2 cm³/mol. The van der Waals surface area contributed by atoms with Crippen LogP contribution in [0.15, 0.2) is 0 Å². The average Bonchev–Trinajstić information content (AvgIpc) is 2.37. The van der Waals surface area contributed by atoms with E-state index in [2.05, 4.69) is 12.2 Å². The lowest BCUT2D eigenvalue weighted by Gasteiger charge is -2.37. The Kier molecular flexibility index (Phi) is 5.04. The first kappa shape index (κ1) is 15.3. The Morgan fingerprint density at radius 1 is 1.50 bits per heavy atom. The van der Waals surface area contributed by atoms with E-state index >= 15 is 0 Å². The smallest absolute Gasteiger partial charge is 0.287 e. The molecular formula is C12H22F2N2O2. The van der Waals surface area contributed by atoms with Crippen molar-refractivity contribution in [3.05, 3.63) is 0 Å². The maximum Gasteiger partial charge on any atom is 0.287 e. The lowest BCUT2D eigenvalue weighted by Crippen LogP contribution is -2.51. The van der Waals surface area contributed by atoms with E-state index in [1.54, 1.807) is 0 Å². The molecule has 0 unspecified atom stereocenters. The molecule has 1 fully saturated rings. The van der Waals surface area contributed by atoms with E-state index in [4.69, 9.17) is 10.8 Å². The van der Waals surface area contributed by atoms with Gasteiger partial charge >= 0.3 is 0 Å². The summed E-state index contributed by atoms with van der Waals surface area (Å²) in [6.07, 6.45) is 3.06. The number of nitrogens with two attached hydrogens (primary N) is 1. The zero-order valence-electron chi connectivity index (χ0n) is 10.7. The fraction of sp³-hybridized carbons (Fsp3) is 0.917. The van der Waals surface area contributed by atoms with E-state index < -0.39 is 30.4 Å². The Hall–Kier alpha value is -0.750. The highest BCUT2D eigenvalue weighted by atomic mass is 19.3. The van der Waals surface area contributed by atoms with Gasteiger partial charge in [0.2, 0.25) is 5.91 Å². The molecule has 4 N–H and O–H groups in total. The van der Waals surface area contributed by atoms with Crippen molar-refractivity contribution in [3.8, 4) is 0 Å². The molecule has 1 aliphatic rings. The van der Waals surface area contributed by atoms with Gasteiger partial charge in [-0.05, 0) is 31.6 Å². The van der Waals surface area contributed by atoms with Crippen molar-refractivity contribution in [2.75, 3.05) is 19.7 Å². The summed E-state index contributed by atoms with van der Waals surface area (Å²) in [7, 11) is 0. The maximum atomic E-state index is 12.9. The zero-order valence-corrected chi connectivity index (χ0v) is 10.7. The van der Waals surface area contributed by atoms with E-state index in [1.807, 2.05) is 0 Å². The molecule has 0 aromatic heterocycles. The molecule has 1 amide bonds. The summed E-state index contributed by atoms with van der Waals surface area (Å²) in [5, 5.41) is 10.7. The first-order valence-corrected chi connectivity index (χ1v) is 6.32. The van der Waals surface area contributed by atoms with Gasteiger partial charge in [0.05, 0.1) is 12.0 Å². The van der Waals surface area contributed by atoms with Crippen LogP contribution in [0.5, 0.6) is 0 Å². The van der Waals surface area contributed by atoms with Gasteiger partial charge in [-0.15, -0.1) is 0 Å². The van der Waals surface area contributed by atoms with Crippen molar-refractivity contribution in [2.24, 2.45) is 17.1 Å². The van der Waals surface area contributed by atoms with Crippen molar-refractivity contribution in [2.45, 2.75) is 38.5 Å². The highest BCUT2D eigenvalue weighted by Crippen LogP contribution is 2.38. The molecule has 0 bridgehead atoms. The van der Waals surface area contributed by atoms with E-state index in [0.29, 0.717) is 18.8 Å². The van der Waals surface area contributed by atoms with Crippen LogP contribution in [0.3, 0.4) is 0 Å². The van der Waals surface area contributed by atoms with Crippen molar-refractivity contribution < 1.29 is 18.7 Å². The summed E-state index contributed by atoms with van der Waals surface area (Å²) in [6, 6.07) is 0. The topological polar surface area (TPSA) is 75.4 Å². The van der Waals surface area contributed by atoms with E-state index in [9.17, 15) is 13.6 Å². The Morgan fingerprint density at radius 3 is 2.50 bits per heavy atom. The van der Waals surface area contributed by atoms with Gasteiger partial charge in [0.25, 0.3) is 5.92 Å². The summed E-state index contributed by atoms with van der Waals surface area (Å²) in [5.74, 6) is -3.13. The van der Waals surface area contributed by atoms with Crippen molar-refractivity contribution in [1.29, 1.82) is 0 Å². The molecule has 0 aromatic rings. The standard InChI is InChI=1S/C12H22F2N2O2/c1-9-2-4-11(6-15,5-3-9)10(18)16-7-12(13,14)8-17/h9,17H,2-8,15H2,1H3,(H,16,18). The number of aliphatic hydroxyl groups is 1. The van der Waals surface area contributed by atoms with Gasteiger partial charge in [-0.1, -0.05) is 6.92 Å². The second-order valence-electron chi connectivity index (χ2n) is 5.36. The molecule has 6 heteroatoms. The molecule has 18 heavy (non-hydrogen) atoms. The third-order valence-electron chi connectivity index (χ3n) is 3.84. The Morgan fingerprint density at radius 2 is 2.06 bits per heavy atom. The first-order chi connectivity index (χ1) is 8.35. The number of carbonyl (C=O) groups is 1. The third-order valence-corrected chi connectivity index (χ3v) is 3.84. The molecule has 0 spiro atoms. The number of aliphatic hydroxyl groups excluding tert-OH is 1. The first-order valence-electron chi connectivity index (χ1n) is 6.32. The van der Waals surface area contributed by atoms with E-state index in [-0.39, 0.29) is 6.54 Å². The van der Waals surface area contributed by atoms with Crippen LogP contribution in [0.4, 0.5) is 8.78 Å². The van der Waals surface area contributed by atoms with Crippen LogP contribution in [0.2, 0.25) is 0 Å². The molecule has 4 nitrogen and oxygen atoms in total. The molecular weight excluding hydrogens is 242 g/mol. The molecule has 0 heterocycles. The highest BCUT2D eigenvalue weighted by molar-refractivity contribution is 5.83. The van der Waals surface area contributed by atoms with Gasteiger partial charge in [0, 0.05) is 6.54 Å². The molecule has 1 rings (SSSR count). The summed E-state index contributed by atoms with van der Waals surface area (Å²) in [6.45, 7) is 0.189. The van der Waals surface area contributed by atoms with Gasteiger partial charge in [-0.3, -0.25) is 4.79 Å². The minimum Gasteiger partial charge on any atom is -0.390 e. The monoisotopic (exact) mass is 264 g/mol. The van der Waals surface area contributed by atoms with E-state index in [1.165, 1.54) is 0 Å². The molecule has 0 aliphatic heterocycles. The molecule has 0 aromatic carbocycles. The van der Waals surface area contributed by atoms with Gasteiger partial charge in [0.1, 0.15) is 6.61 Å². The van der Waals surface area contributed by atoms with Crippen molar-refractivity contribution in [3.63, 3.8) is 0 Å². The largest absolute Gasteiger partial charge is 0.390 e. The fourth-order valence-corrected chi connectivity index (χ4v) is 2.29. The number of amides is 1. The fourth-order valence-electron chi connectivity index (χ4n) is 2.29. The predicted octanol–water partition coefficient (Wildman–Crippen LogP) is 0.885. The SMILES string of the molecule is CC1CCC(CN)(C(=O)NCC(F)(F)CO)CC1. The molecule has 1 saturated carbocycles. The van der Waals surface area contributed by atoms with Crippen LogP contribution in [-0.2, 0) is 4.79 Å². The number of alkyl halides is 2. The number of nitrogens with one attached hydrogen (secondary N) is 1. The van der Waals surface area contributed by atoms with Crippen LogP contribution in [0, 0.1) is 11.3 Å². The number of carbonyl (C=O) groups excluding carboxylic acids is 1. The van der Waals surface area contributed by atoms with E-state index in [0.717, 1.165) is 12.8 Å². The minimum absolute atomic E-state index is 0.177. The van der Waals surface area contributed by atoms with Crippen LogP contribution in [0.1, 0.15) is 32.6 Å². The average molecular weight is 264 g/mol. The lowest BCUT2D eigenvalue weighted by molar-refractivity contribution is -0.135. The molecule has 0 atom stereocenters. The number of rotatable bonds is 5.